The van der Waals surface area contributed by atoms with Crippen molar-refractivity contribution in [2.24, 2.45) is 5.92 Å². The maximum atomic E-state index is 2.32. The number of hydrogen-bond donors (Lipinski definition) is 0. The van der Waals surface area contributed by atoms with Gasteiger partial charge in [0.15, 0.2) is 0 Å². The molecule has 0 spiro atoms. The standard InChI is InChI=1S/C11H20/c1-6-10(4)11(5)8-7-9(2)3/h6,8-9H,7H2,1-5H3. The van der Waals surface area contributed by atoms with Crippen molar-refractivity contribution in [2.75, 3.05) is 0 Å². The lowest BCUT2D eigenvalue weighted by molar-refractivity contribution is 0.661. The van der Waals surface area contributed by atoms with Gasteiger partial charge < -0.3 is 0 Å². The molecule has 0 aliphatic heterocycles. The van der Waals surface area contributed by atoms with Crippen LogP contribution in [0.3, 0.4) is 0 Å². The Morgan fingerprint density at radius 1 is 1.18 bits per heavy atom. The van der Waals surface area contributed by atoms with Crippen LogP contribution in [0.15, 0.2) is 23.3 Å². The molecule has 64 valence electrons. The van der Waals surface area contributed by atoms with E-state index in [0.29, 0.717) is 0 Å². The maximum Gasteiger partial charge on any atom is -0.0322 e. The van der Waals surface area contributed by atoms with E-state index >= 15 is 0 Å². The van der Waals surface area contributed by atoms with E-state index in [1.54, 1.807) is 0 Å². The Morgan fingerprint density at radius 3 is 2.09 bits per heavy atom. The van der Waals surface area contributed by atoms with Crippen molar-refractivity contribution < 1.29 is 0 Å². The zero-order valence-corrected chi connectivity index (χ0v) is 8.44. The predicted octanol–water partition coefficient (Wildman–Crippen LogP) is 3.95. The van der Waals surface area contributed by atoms with Crippen LogP contribution in [0.1, 0.15) is 41.0 Å². The van der Waals surface area contributed by atoms with Crippen molar-refractivity contribution in [1.29, 1.82) is 0 Å². The molecule has 11 heavy (non-hydrogen) atoms. The molecule has 0 amide bonds. The molecule has 0 saturated carbocycles. The van der Waals surface area contributed by atoms with Crippen LogP contribution in [0.4, 0.5) is 0 Å². The van der Waals surface area contributed by atoms with Crippen LogP contribution in [0, 0.1) is 5.92 Å². The van der Waals surface area contributed by atoms with Gasteiger partial charge in [0.25, 0.3) is 0 Å². The number of allylic oxidation sites excluding steroid dienone is 4. The van der Waals surface area contributed by atoms with Crippen LogP contribution in [-0.4, -0.2) is 0 Å². The quantitative estimate of drug-likeness (QED) is 0.537. The third-order valence-corrected chi connectivity index (χ3v) is 1.95. The molecule has 0 aromatic carbocycles. The van der Waals surface area contributed by atoms with Crippen molar-refractivity contribution in [2.45, 2.75) is 41.0 Å². The third kappa shape index (κ3) is 4.83. The Morgan fingerprint density at radius 2 is 1.73 bits per heavy atom. The van der Waals surface area contributed by atoms with Gasteiger partial charge in [-0.05, 0) is 33.1 Å². The summed E-state index contributed by atoms with van der Waals surface area (Å²) in [6.45, 7) is 10.9. The van der Waals surface area contributed by atoms with Gasteiger partial charge in [-0.2, -0.15) is 0 Å². The molecule has 0 rings (SSSR count). The maximum absolute atomic E-state index is 2.32. The Kier molecular flexibility index (Phi) is 4.93. The highest BCUT2D eigenvalue weighted by molar-refractivity contribution is 5.25. The molecule has 0 radical (unpaired) electrons. The van der Waals surface area contributed by atoms with Crippen LogP contribution >= 0.6 is 0 Å². The fraction of sp³-hybridized carbons (Fsp3) is 0.636. The lowest BCUT2D eigenvalue weighted by atomic mass is 10.0. The summed E-state index contributed by atoms with van der Waals surface area (Å²) in [4.78, 5) is 0. The minimum Gasteiger partial charge on any atom is -0.0845 e. The second kappa shape index (κ2) is 5.17. The fourth-order valence-electron chi connectivity index (χ4n) is 0.801. The second-order valence-corrected chi connectivity index (χ2v) is 3.49. The largest absolute Gasteiger partial charge is 0.0845 e. The first-order chi connectivity index (χ1) is 5.07. The van der Waals surface area contributed by atoms with Crippen LogP contribution < -0.4 is 0 Å². The molecule has 0 atom stereocenters. The molecular formula is C11H20. The van der Waals surface area contributed by atoms with Crippen molar-refractivity contribution in [3.05, 3.63) is 23.3 Å². The third-order valence-electron chi connectivity index (χ3n) is 1.95. The molecule has 0 unspecified atom stereocenters. The van der Waals surface area contributed by atoms with E-state index < -0.39 is 0 Å². The highest BCUT2D eigenvalue weighted by Gasteiger charge is 1.92. The molecule has 0 aromatic heterocycles. The van der Waals surface area contributed by atoms with Gasteiger partial charge in [0.05, 0.1) is 0 Å². The summed E-state index contributed by atoms with van der Waals surface area (Å²) < 4.78 is 0. The number of rotatable bonds is 3. The normalized spacial score (nSPS) is 14.4. The van der Waals surface area contributed by atoms with Crippen molar-refractivity contribution in [1.82, 2.24) is 0 Å². The average Bonchev–Trinajstić information content (AvgIpc) is 1.98. The predicted molar refractivity (Wildman–Crippen MR) is 52.6 cm³/mol. The van der Waals surface area contributed by atoms with Crippen LogP contribution in [0.2, 0.25) is 0 Å². The van der Waals surface area contributed by atoms with Crippen LogP contribution in [0.25, 0.3) is 0 Å². The van der Waals surface area contributed by atoms with Gasteiger partial charge in [0.2, 0.25) is 0 Å². The van der Waals surface area contributed by atoms with Crippen molar-refractivity contribution in [3.63, 3.8) is 0 Å². The summed E-state index contributed by atoms with van der Waals surface area (Å²) in [7, 11) is 0. The van der Waals surface area contributed by atoms with E-state index in [9.17, 15) is 0 Å². The molecule has 0 aliphatic carbocycles. The van der Waals surface area contributed by atoms with Gasteiger partial charge in [-0.3, -0.25) is 0 Å². The zero-order valence-electron chi connectivity index (χ0n) is 8.44. The second-order valence-electron chi connectivity index (χ2n) is 3.49. The van der Waals surface area contributed by atoms with E-state index in [4.69, 9.17) is 0 Å². The molecule has 0 heterocycles. The lowest BCUT2D eigenvalue weighted by Gasteiger charge is -2.02. The smallest absolute Gasteiger partial charge is 0.0322 e. The molecule has 0 saturated heterocycles. The Labute approximate surface area is 71.0 Å². The molecule has 0 fully saturated rings. The van der Waals surface area contributed by atoms with Gasteiger partial charge >= 0.3 is 0 Å². The lowest BCUT2D eigenvalue weighted by Crippen LogP contribution is -1.85. The van der Waals surface area contributed by atoms with Crippen LogP contribution in [0.5, 0.6) is 0 Å². The molecule has 0 bridgehead atoms. The van der Waals surface area contributed by atoms with E-state index in [1.165, 1.54) is 17.6 Å². The molecular weight excluding hydrogens is 132 g/mol. The SMILES string of the molecule is CC=C(C)C(C)=CCC(C)C. The van der Waals surface area contributed by atoms with E-state index in [-0.39, 0.29) is 0 Å². The monoisotopic (exact) mass is 152 g/mol. The van der Waals surface area contributed by atoms with Gasteiger partial charge in [-0.1, -0.05) is 37.1 Å². The molecule has 0 heteroatoms. The highest BCUT2D eigenvalue weighted by Crippen LogP contribution is 2.11. The minimum atomic E-state index is 0.773. The summed E-state index contributed by atoms with van der Waals surface area (Å²) in [5, 5.41) is 0. The first-order valence-corrected chi connectivity index (χ1v) is 4.38. The number of hydrogen-bond acceptors (Lipinski definition) is 0. The first-order valence-electron chi connectivity index (χ1n) is 4.38. The van der Waals surface area contributed by atoms with Crippen molar-refractivity contribution in [3.8, 4) is 0 Å². The van der Waals surface area contributed by atoms with E-state index in [2.05, 4.69) is 46.8 Å². The average molecular weight is 152 g/mol. The minimum absolute atomic E-state index is 0.773. The Hall–Kier alpha value is -0.520. The Bertz CT molecular complexity index is 159. The Balaban J connectivity index is 4.01. The summed E-state index contributed by atoms with van der Waals surface area (Å²) in [6.07, 6.45) is 5.67. The summed E-state index contributed by atoms with van der Waals surface area (Å²) in [6, 6.07) is 0. The topological polar surface area (TPSA) is 0 Å². The van der Waals surface area contributed by atoms with Gasteiger partial charge in [0.1, 0.15) is 0 Å². The van der Waals surface area contributed by atoms with Gasteiger partial charge in [0, 0.05) is 0 Å². The summed E-state index contributed by atoms with van der Waals surface area (Å²) in [5.41, 5.74) is 2.81. The summed E-state index contributed by atoms with van der Waals surface area (Å²) in [5.74, 6) is 0.773. The highest BCUT2D eigenvalue weighted by atomic mass is 14.0. The van der Waals surface area contributed by atoms with Crippen LogP contribution in [-0.2, 0) is 0 Å². The molecule has 0 nitrogen and oxygen atoms in total. The van der Waals surface area contributed by atoms with Gasteiger partial charge in [-0.15, -0.1) is 0 Å². The van der Waals surface area contributed by atoms with Crippen molar-refractivity contribution >= 4 is 0 Å². The zero-order chi connectivity index (χ0) is 8.85. The van der Waals surface area contributed by atoms with Gasteiger partial charge in [-0.25, -0.2) is 0 Å². The van der Waals surface area contributed by atoms with E-state index in [0.717, 1.165) is 5.92 Å². The summed E-state index contributed by atoms with van der Waals surface area (Å²) >= 11 is 0. The van der Waals surface area contributed by atoms with E-state index in [1.807, 2.05) is 0 Å². The molecule has 0 aliphatic rings. The first kappa shape index (κ1) is 10.5. The molecule has 0 N–H and O–H groups in total. The molecule has 0 aromatic rings. The fourth-order valence-corrected chi connectivity index (χ4v) is 0.801.